The maximum absolute atomic E-state index is 12.5. The van der Waals surface area contributed by atoms with E-state index in [9.17, 15) is 4.21 Å². The Morgan fingerprint density at radius 3 is 2.24 bits per heavy atom. The van der Waals surface area contributed by atoms with E-state index in [1.165, 1.54) is 0 Å². The highest BCUT2D eigenvalue weighted by Crippen LogP contribution is 2.23. The maximum atomic E-state index is 12.5. The van der Waals surface area contributed by atoms with E-state index in [0.29, 0.717) is 5.88 Å². The van der Waals surface area contributed by atoms with Crippen molar-refractivity contribution in [2.45, 2.75) is 89.9 Å². The van der Waals surface area contributed by atoms with Crippen LogP contribution < -0.4 is 4.72 Å². The number of halogens is 1. The summed E-state index contributed by atoms with van der Waals surface area (Å²) < 4.78 is 15.6. The highest BCUT2D eigenvalue weighted by atomic mass is 35.5. The van der Waals surface area contributed by atoms with Crippen LogP contribution in [0.3, 0.4) is 0 Å². The number of rotatable bonds is 9. The Balaban J connectivity index is 5.16. The van der Waals surface area contributed by atoms with Gasteiger partial charge in [0.25, 0.3) is 0 Å². The molecule has 0 aliphatic rings. The molecule has 0 aliphatic carbocycles. The Labute approximate surface area is 139 Å². The van der Waals surface area contributed by atoms with Gasteiger partial charge in [0.05, 0.1) is 21.3 Å². The zero-order chi connectivity index (χ0) is 16.4. The summed E-state index contributed by atoms with van der Waals surface area (Å²) in [7, 11) is -1.10. The molecule has 0 saturated carbocycles. The minimum Gasteiger partial charge on any atom is -0.242 e. The van der Waals surface area contributed by atoms with Gasteiger partial charge in [-0.1, -0.05) is 26.2 Å². The zero-order valence-electron chi connectivity index (χ0n) is 14.4. The fraction of sp³-hybridized carbons (Fsp3) is 0.882. The summed E-state index contributed by atoms with van der Waals surface area (Å²) in [4.78, 5) is 0. The molecular weight excluding hydrogens is 302 g/mol. The van der Waals surface area contributed by atoms with E-state index in [1.807, 2.05) is 20.8 Å². The first-order valence-corrected chi connectivity index (χ1v) is 9.75. The van der Waals surface area contributed by atoms with Crippen LogP contribution in [-0.2, 0) is 11.0 Å². The molecule has 0 aromatic carbocycles. The highest BCUT2D eigenvalue weighted by Gasteiger charge is 2.32. The monoisotopic (exact) mass is 333 g/mol. The Kier molecular flexibility index (Phi) is 10.6. The first-order chi connectivity index (χ1) is 9.81. The third-order valence-electron chi connectivity index (χ3n) is 3.21. The molecule has 0 rings (SSSR count). The molecule has 0 unspecified atom stereocenters. The normalized spacial score (nSPS) is 15.9. The molecule has 2 atom stereocenters. The van der Waals surface area contributed by atoms with Gasteiger partial charge in [-0.05, 0) is 52.9 Å². The van der Waals surface area contributed by atoms with Crippen LogP contribution in [0.5, 0.6) is 0 Å². The van der Waals surface area contributed by atoms with E-state index >= 15 is 0 Å². The van der Waals surface area contributed by atoms with Crippen molar-refractivity contribution in [1.82, 2.24) is 4.72 Å². The molecule has 0 saturated heterocycles. The second kappa shape index (κ2) is 10.6. The fourth-order valence-electron chi connectivity index (χ4n) is 2.01. The molecule has 21 heavy (non-hydrogen) atoms. The molecule has 4 heteroatoms. The molecular formula is C17H32ClNOS. The number of unbranched alkanes of at least 4 members (excludes halogenated alkanes) is 2. The molecule has 0 aliphatic heterocycles. The first kappa shape index (κ1) is 21.0. The lowest BCUT2D eigenvalue weighted by atomic mass is 9.89. The minimum atomic E-state index is -1.10. The molecule has 0 heterocycles. The number of alkyl halides is 1. The van der Waals surface area contributed by atoms with Crippen LogP contribution in [0.15, 0.2) is 0 Å². The molecule has 0 spiro atoms. The molecule has 124 valence electrons. The summed E-state index contributed by atoms with van der Waals surface area (Å²) in [6.45, 7) is 10.3. The minimum absolute atomic E-state index is 0.280. The van der Waals surface area contributed by atoms with Gasteiger partial charge in [-0.15, -0.1) is 17.5 Å². The number of nitrogens with one attached hydrogen (secondary N) is 1. The van der Waals surface area contributed by atoms with E-state index in [4.69, 9.17) is 11.6 Å². The summed E-state index contributed by atoms with van der Waals surface area (Å²) in [5.41, 5.74) is -0.339. The first-order valence-electron chi connectivity index (χ1n) is 8.07. The van der Waals surface area contributed by atoms with Gasteiger partial charge in [0.1, 0.15) is 0 Å². The number of hydrogen-bond acceptors (Lipinski definition) is 1. The summed E-state index contributed by atoms with van der Waals surface area (Å²) in [6, 6.07) is 0. The average Bonchev–Trinajstić information content (AvgIpc) is 2.38. The molecule has 1 N–H and O–H groups in total. The summed E-state index contributed by atoms with van der Waals surface area (Å²) in [6.07, 6.45) is 6.80. The second-order valence-electron chi connectivity index (χ2n) is 6.51. The van der Waals surface area contributed by atoms with Gasteiger partial charge < -0.3 is 0 Å². The summed E-state index contributed by atoms with van der Waals surface area (Å²) in [5.74, 6) is 7.34. The Morgan fingerprint density at radius 2 is 1.76 bits per heavy atom. The van der Waals surface area contributed by atoms with E-state index in [1.54, 1.807) is 0 Å². The Bertz CT molecular complexity index is 367. The molecule has 0 amide bonds. The summed E-state index contributed by atoms with van der Waals surface area (Å²) >= 11 is 5.80. The van der Waals surface area contributed by atoms with Crippen molar-refractivity contribution in [1.29, 1.82) is 0 Å². The SMILES string of the molecule is CCCC#C[C@@](CCC)(CCCCCl)N[S@](=O)C(C)(C)C. The van der Waals surface area contributed by atoms with Gasteiger partial charge in [-0.2, -0.15) is 0 Å². The smallest absolute Gasteiger partial charge is 0.0983 e. The topological polar surface area (TPSA) is 29.1 Å². The van der Waals surface area contributed by atoms with Crippen LogP contribution in [0.4, 0.5) is 0 Å². The van der Waals surface area contributed by atoms with Crippen LogP contribution >= 0.6 is 11.6 Å². The van der Waals surface area contributed by atoms with Crippen LogP contribution in [0.25, 0.3) is 0 Å². The third-order valence-corrected chi connectivity index (χ3v) is 5.17. The van der Waals surface area contributed by atoms with Gasteiger partial charge in [-0.25, -0.2) is 8.93 Å². The van der Waals surface area contributed by atoms with Crippen LogP contribution in [-0.4, -0.2) is 20.4 Å². The van der Waals surface area contributed by atoms with E-state index in [2.05, 4.69) is 30.4 Å². The average molecular weight is 334 g/mol. The largest absolute Gasteiger partial charge is 0.242 e. The Morgan fingerprint density at radius 1 is 1.10 bits per heavy atom. The lowest BCUT2D eigenvalue weighted by Gasteiger charge is -2.32. The van der Waals surface area contributed by atoms with Gasteiger partial charge >= 0.3 is 0 Å². The van der Waals surface area contributed by atoms with Crippen LogP contribution in [0.1, 0.15) is 79.6 Å². The standard InChI is InChI=1S/C17H32ClNOS/c1-6-8-9-13-17(12-7-2,14-10-11-15-18)19-21(20)16(3,4)5/h19H,6-8,10-12,14-15H2,1-5H3/t17-,21+/m0/s1. The van der Waals surface area contributed by atoms with Crippen molar-refractivity contribution in [2.75, 3.05) is 5.88 Å². The second-order valence-corrected chi connectivity index (χ2v) is 8.86. The molecule has 0 radical (unpaired) electrons. The van der Waals surface area contributed by atoms with E-state index in [0.717, 1.165) is 44.9 Å². The van der Waals surface area contributed by atoms with Crippen molar-refractivity contribution in [3.05, 3.63) is 0 Å². The van der Waals surface area contributed by atoms with Crippen LogP contribution in [0, 0.1) is 11.8 Å². The highest BCUT2D eigenvalue weighted by molar-refractivity contribution is 7.84. The lowest BCUT2D eigenvalue weighted by molar-refractivity contribution is 0.408. The predicted molar refractivity (Wildman–Crippen MR) is 95.9 cm³/mol. The van der Waals surface area contributed by atoms with Crippen molar-refractivity contribution in [2.24, 2.45) is 0 Å². The zero-order valence-corrected chi connectivity index (χ0v) is 15.9. The van der Waals surface area contributed by atoms with Crippen molar-refractivity contribution >= 4 is 22.6 Å². The molecule has 0 aromatic rings. The maximum Gasteiger partial charge on any atom is 0.0983 e. The van der Waals surface area contributed by atoms with Crippen molar-refractivity contribution < 1.29 is 4.21 Å². The van der Waals surface area contributed by atoms with Gasteiger partial charge in [-0.3, -0.25) is 0 Å². The quantitative estimate of drug-likeness (QED) is 0.367. The van der Waals surface area contributed by atoms with Gasteiger partial charge in [0, 0.05) is 12.3 Å². The van der Waals surface area contributed by atoms with E-state index < -0.39 is 11.0 Å². The third kappa shape index (κ3) is 8.86. The molecule has 2 nitrogen and oxygen atoms in total. The predicted octanol–water partition coefficient (Wildman–Crippen LogP) is 4.79. The molecule has 0 bridgehead atoms. The molecule has 0 aromatic heterocycles. The van der Waals surface area contributed by atoms with E-state index in [-0.39, 0.29) is 10.3 Å². The summed E-state index contributed by atoms with van der Waals surface area (Å²) in [5, 5.41) is 0. The lowest BCUT2D eigenvalue weighted by Crippen LogP contribution is -2.49. The Hall–Kier alpha value is -0.0400. The van der Waals surface area contributed by atoms with Crippen molar-refractivity contribution in [3.63, 3.8) is 0 Å². The van der Waals surface area contributed by atoms with Crippen LogP contribution in [0.2, 0.25) is 0 Å². The van der Waals surface area contributed by atoms with Crippen molar-refractivity contribution in [3.8, 4) is 11.8 Å². The fourth-order valence-corrected chi connectivity index (χ4v) is 3.12. The van der Waals surface area contributed by atoms with Gasteiger partial charge in [0.2, 0.25) is 0 Å². The van der Waals surface area contributed by atoms with Gasteiger partial charge in [0.15, 0.2) is 0 Å². The number of hydrogen-bond donors (Lipinski definition) is 1. The molecule has 0 fully saturated rings.